The standard InChI is InChI=1S/C13H13NO3S2/c15-13(16)11(8-10-4-2-1-3-5-10)19(17)9-12-14-6-7-18-12/h1-7,11H,8-9H2,(H,15,16). The van der Waals surface area contributed by atoms with E-state index in [1.165, 1.54) is 11.3 Å². The molecule has 100 valence electrons. The maximum absolute atomic E-state index is 12.2. The van der Waals surface area contributed by atoms with Crippen LogP contribution >= 0.6 is 11.3 Å². The lowest BCUT2D eigenvalue weighted by atomic mass is 10.1. The zero-order valence-electron chi connectivity index (χ0n) is 10.1. The lowest BCUT2D eigenvalue weighted by Crippen LogP contribution is -2.29. The van der Waals surface area contributed by atoms with Gasteiger partial charge in [0.15, 0.2) is 0 Å². The molecule has 0 aliphatic rings. The third kappa shape index (κ3) is 3.97. The van der Waals surface area contributed by atoms with Crippen molar-refractivity contribution in [2.75, 3.05) is 0 Å². The number of hydrogen-bond donors (Lipinski definition) is 1. The van der Waals surface area contributed by atoms with E-state index in [4.69, 9.17) is 0 Å². The minimum atomic E-state index is -1.47. The van der Waals surface area contributed by atoms with Crippen molar-refractivity contribution in [3.8, 4) is 0 Å². The molecule has 4 nitrogen and oxygen atoms in total. The van der Waals surface area contributed by atoms with E-state index in [0.29, 0.717) is 5.01 Å². The minimum absolute atomic E-state index is 0.196. The molecule has 2 unspecified atom stereocenters. The molecule has 1 aromatic carbocycles. The van der Waals surface area contributed by atoms with Crippen LogP contribution in [0.4, 0.5) is 0 Å². The van der Waals surface area contributed by atoms with Crippen molar-refractivity contribution in [3.05, 3.63) is 52.5 Å². The van der Waals surface area contributed by atoms with Crippen LogP contribution in [-0.2, 0) is 27.8 Å². The fourth-order valence-electron chi connectivity index (χ4n) is 1.67. The van der Waals surface area contributed by atoms with Gasteiger partial charge in [0, 0.05) is 22.4 Å². The Kier molecular flexibility index (Phi) is 4.81. The van der Waals surface area contributed by atoms with Crippen molar-refractivity contribution >= 4 is 28.1 Å². The van der Waals surface area contributed by atoms with E-state index in [9.17, 15) is 14.1 Å². The number of aliphatic carboxylic acids is 1. The van der Waals surface area contributed by atoms with Gasteiger partial charge >= 0.3 is 5.97 Å². The first kappa shape index (κ1) is 13.9. The quantitative estimate of drug-likeness (QED) is 0.886. The predicted molar refractivity (Wildman–Crippen MR) is 75.5 cm³/mol. The number of nitrogens with zero attached hydrogens (tertiary/aromatic N) is 1. The Labute approximate surface area is 117 Å². The molecule has 1 N–H and O–H groups in total. The van der Waals surface area contributed by atoms with E-state index in [1.807, 2.05) is 30.3 Å². The zero-order chi connectivity index (χ0) is 13.7. The molecule has 19 heavy (non-hydrogen) atoms. The van der Waals surface area contributed by atoms with Crippen LogP contribution in [0, 0.1) is 0 Å². The summed E-state index contributed by atoms with van der Waals surface area (Å²) in [4.78, 5) is 15.3. The summed E-state index contributed by atoms with van der Waals surface area (Å²) in [6, 6.07) is 9.24. The fourth-order valence-corrected chi connectivity index (χ4v) is 3.81. The first-order chi connectivity index (χ1) is 9.16. The highest BCUT2D eigenvalue weighted by atomic mass is 32.2. The topological polar surface area (TPSA) is 67.3 Å². The van der Waals surface area contributed by atoms with Crippen LogP contribution in [0.1, 0.15) is 10.6 Å². The van der Waals surface area contributed by atoms with Crippen LogP contribution in [-0.4, -0.2) is 25.5 Å². The average molecular weight is 295 g/mol. The van der Waals surface area contributed by atoms with Crippen molar-refractivity contribution in [2.45, 2.75) is 17.4 Å². The van der Waals surface area contributed by atoms with Crippen LogP contribution < -0.4 is 0 Å². The second-order valence-electron chi connectivity index (χ2n) is 3.97. The van der Waals surface area contributed by atoms with Crippen LogP contribution in [0.25, 0.3) is 0 Å². The SMILES string of the molecule is O=C(O)C(Cc1ccccc1)S(=O)Cc1nccs1. The van der Waals surface area contributed by atoms with Crippen LogP contribution in [0.5, 0.6) is 0 Å². The molecule has 0 radical (unpaired) electrons. The molecule has 0 aliphatic heterocycles. The second kappa shape index (κ2) is 6.58. The van der Waals surface area contributed by atoms with E-state index in [0.717, 1.165) is 5.56 Å². The first-order valence-electron chi connectivity index (χ1n) is 5.69. The second-order valence-corrected chi connectivity index (χ2v) is 6.57. The lowest BCUT2D eigenvalue weighted by Gasteiger charge is -2.11. The highest BCUT2D eigenvalue weighted by Crippen LogP contribution is 2.14. The van der Waals surface area contributed by atoms with Gasteiger partial charge in [0.05, 0.1) is 5.75 Å². The average Bonchev–Trinajstić information content (AvgIpc) is 2.89. The molecule has 0 saturated heterocycles. The molecule has 0 saturated carbocycles. The Morgan fingerprint density at radius 2 is 2.11 bits per heavy atom. The third-order valence-electron chi connectivity index (χ3n) is 2.61. The Morgan fingerprint density at radius 3 is 2.68 bits per heavy atom. The van der Waals surface area contributed by atoms with Gasteiger partial charge in [0.2, 0.25) is 0 Å². The molecule has 1 aromatic heterocycles. The van der Waals surface area contributed by atoms with Crippen LogP contribution in [0.15, 0.2) is 41.9 Å². The van der Waals surface area contributed by atoms with E-state index >= 15 is 0 Å². The Hall–Kier alpha value is -1.53. The molecule has 0 aliphatic carbocycles. The fraction of sp³-hybridized carbons (Fsp3) is 0.231. The van der Waals surface area contributed by atoms with E-state index < -0.39 is 22.0 Å². The summed E-state index contributed by atoms with van der Waals surface area (Å²) >= 11 is 1.39. The van der Waals surface area contributed by atoms with E-state index in [2.05, 4.69) is 4.98 Å². The lowest BCUT2D eigenvalue weighted by molar-refractivity contribution is -0.136. The molecule has 0 amide bonds. The number of carboxylic acids is 1. The smallest absolute Gasteiger partial charge is 0.319 e. The molecule has 0 spiro atoms. The molecular formula is C13H13NO3S2. The third-order valence-corrected chi connectivity index (χ3v) is 5.13. The number of thiazole rings is 1. The highest BCUT2D eigenvalue weighted by Gasteiger charge is 2.25. The van der Waals surface area contributed by atoms with Crippen molar-refractivity contribution in [3.63, 3.8) is 0 Å². The number of hydrogen-bond acceptors (Lipinski definition) is 4. The zero-order valence-corrected chi connectivity index (χ0v) is 11.7. The number of rotatable bonds is 6. The summed E-state index contributed by atoms with van der Waals surface area (Å²) in [6.07, 6.45) is 1.90. The summed E-state index contributed by atoms with van der Waals surface area (Å²) in [5, 5.41) is 10.8. The number of carboxylic acid groups (broad SMARTS) is 1. The molecule has 0 fully saturated rings. The van der Waals surface area contributed by atoms with Gasteiger partial charge < -0.3 is 5.11 Å². The van der Waals surface area contributed by atoms with Gasteiger partial charge in [0.25, 0.3) is 0 Å². The number of carbonyl (C=O) groups is 1. The van der Waals surface area contributed by atoms with Gasteiger partial charge in [-0.05, 0) is 12.0 Å². The van der Waals surface area contributed by atoms with E-state index in [-0.39, 0.29) is 12.2 Å². The summed E-state index contributed by atoms with van der Waals surface area (Å²) in [7, 11) is -1.47. The summed E-state index contributed by atoms with van der Waals surface area (Å²) < 4.78 is 12.2. The Morgan fingerprint density at radius 1 is 1.37 bits per heavy atom. The number of benzene rings is 1. The van der Waals surface area contributed by atoms with Gasteiger partial charge in [-0.15, -0.1) is 11.3 Å². The summed E-state index contributed by atoms with van der Waals surface area (Å²) in [6.45, 7) is 0. The van der Waals surface area contributed by atoms with Gasteiger partial charge in [-0.2, -0.15) is 0 Å². The molecular weight excluding hydrogens is 282 g/mol. The first-order valence-corrected chi connectivity index (χ1v) is 7.95. The molecule has 6 heteroatoms. The normalized spacial score (nSPS) is 13.9. The number of aromatic nitrogens is 1. The van der Waals surface area contributed by atoms with Gasteiger partial charge in [0.1, 0.15) is 10.3 Å². The molecule has 2 aromatic rings. The van der Waals surface area contributed by atoms with Gasteiger partial charge in [-0.1, -0.05) is 30.3 Å². The van der Waals surface area contributed by atoms with Crippen molar-refractivity contribution in [2.24, 2.45) is 0 Å². The maximum atomic E-state index is 12.2. The summed E-state index contributed by atoms with van der Waals surface area (Å²) in [5.74, 6) is -0.833. The van der Waals surface area contributed by atoms with Crippen molar-refractivity contribution < 1.29 is 14.1 Å². The Balaban J connectivity index is 2.07. The molecule has 1 heterocycles. The largest absolute Gasteiger partial charge is 0.480 e. The minimum Gasteiger partial charge on any atom is -0.480 e. The molecule has 2 rings (SSSR count). The maximum Gasteiger partial charge on any atom is 0.319 e. The van der Waals surface area contributed by atoms with Crippen LogP contribution in [0.3, 0.4) is 0 Å². The Bertz CT molecular complexity index is 555. The van der Waals surface area contributed by atoms with Crippen molar-refractivity contribution in [1.82, 2.24) is 4.98 Å². The van der Waals surface area contributed by atoms with E-state index in [1.54, 1.807) is 11.6 Å². The highest BCUT2D eigenvalue weighted by molar-refractivity contribution is 7.85. The van der Waals surface area contributed by atoms with Crippen molar-refractivity contribution in [1.29, 1.82) is 0 Å². The van der Waals surface area contributed by atoms with Crippen LogP contribution in [0.2, 0.25) is 0 Å². The van der Waals surface area contributed by atoms with Gasteiger partial charge in [-0.3, -0.25) is 9.00 Å². The summed E-state index contributed by atoms with van der Waals surface area (Å²) in [5.41, 5.74) is 0.877. The predicted octanol–water partition coefficient (Wildman–Crippen LogP) is 2.09. The van der Waals surface area contributed by atoms with Gasteiger partial charge in [-0.25, -0.2) is 4.98 Å². The monoisotopic (exact) mass is 295 g/mol. The molecule has 2 atom stereocenters. The molecule has 0 bridgehead atoms.